The lowest BCUT2D eigenvalue weighted by molar-refractivity contribution is -0.137. The van der Waals surface area contributed by atoms with E-state index < -0.39 is 35.0 Å². The first-order valence-electron chi connectivity index (χ1n) is 11.2. The second kappa shape index (κ2) is 8.51. The molecule has 0 atom stereocenters. The summed E-state index contributed by atoms with van der Waals surface area (Å²) in [7, 11) is 0. The molecule has 184 valence electrons. The number of nitrogens with one attached hydrogen (secondary N) is 1. The largest absolute Gasteiger partial charge is 0.478 e. The van der Waals surface area contributed by atoms with Gasteiger partial charge in [0, 0.05) is 23.7 Å². The van der Waals surface area contributed by atoms with E-state index in [1.165, 1.54) is 30.3 Å². The van der Waals surface area contributed by atoms with Gasteiger partial charge in [-0.05, 0) is 66.4 Å². The van der Waals surface area contributed by atoms with Crippen molar-refractivity contribution in [2.24, 2.45) is 0 Å². The van der Waals surface area contributed by atoms with E-state index in [-0.39, 0.29) is 17.7 Å². The third-order valence-corrected chi connectivity index (χ3v) is 6.48. The maximum absolute atomic E-state index is 14.4. The quantitative estimate of drug-likeness (QED) is 0.331. The average molecular weight is 496 g/mol. The summed E-state index contributed by atoms with van der Waals surface area (Å²) in [6.45, 7) is 0. The van der Waals surface area contributed by atoms with Crippen LogP contribution in [-0.2, 0) is 18.1 Å². The summed E-state index contributed by atoms with van der Waals surface area (Å²) in [5.74, 6) is -2.16. The molecule has 0 aliphatic heterocycles. The van der Waals surface area contributed by atoms with Crippen LogP contribution < -0.4 is 5.32 Å². The molecule has 5 rings (SSSR count). The van der Waals surface area contributed by atoms with Crippen molar-refractivity contribution in [3.05, 3.63) is 112 Å². The van der Waals surface area contributed by atoms with Gasteiger partial charge in [-0.2, -0.15) is 13.2 Å². The Labute approximate surface area is 203 Å². The Morgan fingerprint density at radius 3 is 2.19 bits per heavy atom. The van der Waals surface area contributed by atoms with Crippen molar-refractivity contribution < 1.29 is 32.3 Å². The second-order valence-corrected chi connectivity index (χ2v) is 8.93. The van der Waals surface area contributed by atoms with Crippen LogP contribution >= 0.6 is 0 Å². The van der Waals surface area contributed by atoms with E-state index in [1.54, 1.807) is 28.7 Å². The second-order valence-electron chi connectivity index (χ2n) is 8.93. The molecule has 0 unspecified atom stereocenters. The van der Waals surface area contributed by atoms with Gasteiger partial charge in [0.2, 0.25) is 0 Å². The monoisotopic (exact) mass is 496 g/mol. The minimum atomic E-state index is -4.43. The number of hydrogen-bond acceptors (Lipinski definition) is 2. The lowest BCUT2D eigenvalue weighted by Gasteiger charge is -2.19. The average Bonchev–Trinajstić information content (AvgIpc) is 3.51. The smallest absolute Gasteiger partial charge is 0.416 e. The lowest BCUT2D eigenvalue weighted by atomic mass is 10.0. The number of aromatic nitrogens is 1. The van der Waals surface area contributed by atoms with Crippen LogP contribution in [-0.4, -0.2) is 21.4 Å². The van der Waals surface area contributed by atoms with Gasteiger partial charge >= 0.3 is 12.1 Å². The number of alkyl halides is 3. The molecular weight excluding hydrogens is 476 g/mol. The number of pyridine rings is 1. The van der Waals surface area contributed by atoms with Crippen LogP contribution in [0.5, 0.6) is 0 Å². The zero-order chi connectivity index (χ0) is 25.7. The molecule has 1 fully saturated rings. The fraction of sp³-hybridized carbons (Fsp3) is 0.185. The van der Waals surface area contributed by atoms with Crippen LogP contribution in [0.1, 0.15) is 56.1 Å². The minimum absolute atomic E-state index is 0.0605. The number of nitrogens with zero attached hydrogens (tertiary/aromatic N) is 1. The Bertz CT molecular complexity index is 1470. The first-order valence-corrected chi connectivity index (χ1v) is 11.2. The Kier molecular flexibility index (Phi) is 5.58. The molecule has 0 spiro atoms. The number of carboxylic acids is 1. The summed E-state index contributed by atoms with van der Waals surface area (Å²) in [4.78, 5) is 24.5. The van der Waals surface area contributed by atoms with E-state index >= 15 is 0 Å². The highest BCUT2D eigenvalue weighted by Gasteiger charge is 2.46. The molecule has 36 heavy (non-hydrogen) atoms. The van der Waals surface area contributed by atoms with E-state index in [0.29, 0.717) is 29.6 Å². The number of benzene rings is 2. The number of aromatic carboxylic acids is 1. The molecule has 1 amide bonds. The van der Waals surface area contributed by atoms with Crippen LogP contribution in [0.15, 0.2) is 72.8 Å². The minimum Gasteiger partial charge on any atom is -0.478 e. The normalized spacial score (nSPS) is 14.6. The number of fused-ring (bicyclic) bond motifs is 1. The van der Waals surface area contributed by atoms with Crippen LogP contribution in [0.25, 0.3) is 5.52 Å². The predicted octanol–water partition coefficient (Wildman–Crippen LogP) is 5.81. The van der Waals surface area contributed by atoms with Crippen molar-refractivity contribution in [1.29, 1.82) is 0 Å². The topological polar surface area (TPSA) is 70.8 Å². The van der Waals surface area contributed by atoms with Crippen molar-refractivity contribution in [3.8, 4) is 0 Å². The number of carbonyl (C=O) groups excluding carboxylic acids is 1. The summed E-state index contributed by atoms with van der Waals surface area (Å²) in [6.07, 6.45) is -2.91. The Balaban J connectivity index is 1.44. The van der Waals surface area contributed by atoms with Crippen molar-refractivity contribution in [3.63, 3.8) is 0 Å². The standard InChI is InChI=1S/C27H20F4N2O3/c28-20-14-22-10-9-21(13-16-1-5-19(6-2-16)27(29,30)31)33(22)23(15-20)24(34)32-26(11-12-26)18-7-3-17(4-8-18)25(35)36/h1-10,14-15H,11-13H2,(H,32,34)(H,35,36). The SMILES string of the molecule is O=C(O)c1ccc(C2(NC(=O)c3cc(F)cc4ccc(Cc5ccc(C(F)(F)F)cc5)n34)CC2)cc1. The lowest BCUT2D eigenvalue weighted by Crippen LogP contribution is -2.36. The summed E-state index contributed by atoms with van der Waals surface area (Å²) < 4.78 is 54.7. The Morgan fingerprint density at radius 1 is 0.944 bits per heavy atom. The summed E-state index contributed by atoms with van der Waals surface area (Å²) in [5.41, 5.74) is 1.19. The molecule has 4 aromatic rings. The molecule has 2 aromatic carbocycles. The molecule has 9 heteroatoms. The van der Waals surface area contributed by atoms with Gasteiger partial charge in [0.1, 0.15) is 11.5 Å². The van der Waals surface area contributed by atoms with Gasteiger partial charge in [-0.3, -0.25) is 4.79 Å². The zero-order valence-electron chi connectivity index (χ0n) is 18.8. The predicted molar refractivity (Wildman–Crippen MR) is 123 cm³/mol. The number of carbonyl (C=O) groups is 2. The fourth-order valence-electron chi connectivity index (χ4n) is 4.43. The highest BCUT2D eigenvalue weighted by Crippen LogP contribution is 2.45. The molecule has 1 aliphatic carbocycles. The third kappa shape index (κ3) is 4.44. The third-order valence-electron chi connectivity index (χ3n) is 6.48. The highest BCUT2D eigenvalue weighted by molar-refractivity contribution is 5.94. The van der Waals surface area contributed by atoms with Gasteiger partial charge in [0.05, 0.1) is 16.7 Å². The molecule has 1 aliphatic rings. The molecular formula is C27H20F4N2O3. The van der Waals surface area contributed by atoms with Crippen molar-refractivity contribution in [2.75, 3.05) is 0 Å². The van der Waals surface area contributed by atoms with Gasteiger partial charge in [-0.1, -0.05) is 24.3 Å². The highest BCUT2D eigenvalue weighted by atomic mass is 19.4. The van der Waals surface area contributed by atoms with Crippen LogP contribution in [0, 0.1) is 5.82 Å². The van der Waals surface area contributed by atoms with Crippen molar-refractivity contribution >= 4 is 17.4 Å². The number of rotatable bonds is 6. The molecule has 0 bridgehead atoms. The summed E-state index contributed by atoms with van der Waals surface area (Å²) in [5, 5.41) is 12.1. The molecule has 2 heterocycles. The van der Waals surface area contributed by atoms with Gasteiger partial charge in [0.25, 0.3) is 5.91 Å². The number of amides is 1. The molecule has 2 aromatic heterocycles. The molecule has 5 nitrogen and oxygen atoms in total. The maximum Gasteiger partial charge on any atom is 0.416 e. The van der Waals surface area contributed by atoms with Crippen molar-refractivity contribution in [2.45, 2.75) is 31.0 Å². The van der Waals surface area contributed by atoms with E-state index in [1.807, 2.05) is 0 Å². The van der Waals surface area contributed by atoms with Gasteiger partial charge in [-0.15, -0.1) is 0 Å². The fourth-order valence-corrected chi connectivity index (χ4v) is 4.43. The number of hydrogen-bond donors (Lipinski definition) is 2. The summed E-state index contributed by atoms with van der Waals surface area (Å²) in [6, 6.07) is 16.8. The van der Waals surface area contributed by atoms with E-state index in [9.17, 15) is 27.2 Å². The molecule has 0 saturated heterocycles. The van der Waals surface area contributed by atoms with Gasteiger partial charge in [0.15, 0.2) is 0 Å². The van der Waals surface area contributed by atoms with Crippen LogP contribution in [0.3, 0.4) is 0 Å². The van der Waals surface area contributed by atoms with Crippen LogP contribution in [0.2, 0.25) is 0 Å². The summed E-state index contributed by atoms with van der Waals surface area (Å²) >= 11 is 0. The Morgan fingerprint density at radius 2 is 1.61 bits per heavy atom. The van der Waals surface area contributed by atoms with E-state index in [0.717, 1.165) is 23.8 Å². The van der Waals surface area contributed by atoms with E-state index in [4.69, 9.17) is 5.11 Å². The first kappa shape index (κ1) is 23.6. The first-order chi connectivity index (χ1) is 17.1. The Hall–Kier alpha value is -4.14. The number of carboxylic acid groups (broad SMARTS) is 1. The molecule has 0 radical (unpaired) electrons. The van der Waals surface area contributed by atoms with Crippen molar-refractivity contribution in [1.82, 2.24) is 9.72 Å². The van der Waals surface area contributed by atoms with Crippen LogP contribution in [0.4, 0.5) is 17.6 Å². The van der Waals surface area contributed by atoms with E-state index in [2.05, 4.69) is 5.32 Å². The molecule has 1 saturated carbocycles. The van der Waals surface area contributed by atoms with Gasteiger partial charge in [-0.25, -0.2) is 9.18 Å². The maximum atomic E-state index is 14.4. The number of halogens is 4. The zero-order valence-corrected chi connectivity index (χ0v) is 18.8. The molecule has 2 N–H and O–H groups in total. The van der Waals surface area contributed by atoms with Gasteiger partial charge < -0.3 is 14.8 Å².